The monoisotopic (exact) mass is 483 g/mol. The second-order valence-corrected chi connectivity index (χ2v) is 10.8. The van der Waals surface area contributed by atoms with Crippen LogP contribution in [0.4, 0.5) is 5.69 Å². The van der Waals surface area contributed by atoms with Gasteiger partial charge in [0.1, 0.15) is 0 Å². The Balaban J connectivity index is 1.54. The number of fused-ring (bicyclic) bond motifs is 1. The van der Waals surface area contributed by atoms with Crippen molar-refractivity contribution in [1.29, 1.82) is 0 Å². The number of nitrogens with zero attached hydrogens (tertiary/aromatic N) is 3. The van der Waals surface area contributed by atoms with E-state index in [0.29, 0.717) is 23.1 Å². The first-order chi connectivity index (χ1) is 15.8. The Morgan fingerprint density at radius 1 is 1.09 bits per heavy atom. The molecule has 0 atom stereocenters. The third-order valence-electron chi connectivity index (χ3n) is 5.96. The van der Waals surface area contributed by atoms with Gasteiger partial charge in [0.05, 0.1) is 11.1 Å². The van der Waals surface area contributed by atoms with Crippen molar-refractivity contribution in [2.45, 2.75) is 38.0 Å². The van der Waals surface area contributed by atoms with E-state index in [-0.39, 0.29) is 0 Å². The molecule has 0 aliphatic carbocycles. The van der Waals surface area contributed by atoms with E-state index in [1.165, 1.54) is 0 Å². The van der Waals surface area contributed by atoms with Crippen LogP contribution in [-0.2, 0) is 17.1 Å². The van der Waals surface area contributed by atoms with E-state index in [2.05, 4.69) is 21.9 Å². The maximum atomic E-state index is 13.1. The first-order valence-electron chi connectivity index (χ1n) is 11.0. The zero-order valence-electron chi connectivity index (χ0n) is 19.1. The van der Waals surface area contributed by atoms with Crippen molar-refractivity contribution >= 4 is 50.2 Å². The van der Waals surface area contributed by atoms with Crippen molar-refractivity contribution in [3.63, 3.8) is 0 Å². The highest BCUT2D eigenvalue weighted by Crippen LogP contribution is 2.26. The largest absolute Gasteiger partial charge is 0.350 e. The fourth-order valence-electron chi connectivity index (χ4n) is 4.10. The van der Waals surface area contributed by atoms with Crippen LogP contribution in [0.25, 0.3) is 10.9 Å². The highest BCUT2D eigenvalue weighted by molar-refractivity contribution is 7.89. The van der Waals surface area contributed by atoms with Crippen LogP contribution in [-0.4, -0.2) is 41.7 Å². The highest BCUT2D eigenvalue weighted by Gasteiger charge is 2.26. The molecule has 33 heavy (non-hydrogen) atoms. The molecule has 0 radical (unpaired) electrons. The number of hydrazone groups is 1. The second-order valence-electron chi connectivity index (χ2n) is 8.48. The average molecular weight is 484 g/mol. The number of benzene rings is 2. The summed E-state index contributed by atoms with van der Waals surface area (Å²) in [6.07, 6.45) is 6.49. The molecule has 0 unspecified atom stereocenters. The van der Waals surface area contributed by atoms with E-state index in [1.54, 1.807) is 22.7 Å². The molecule has 1 aliphatic rings. The van der Waals surface area contributed by atoms with Crippen LogP contribution in [0.2, 0.25) is 0 Å². The van der Waals surface area contributed by atoms with Gasteiger partial charge >= 0.3 is 0 Å². The summed E-state index contributed by atoms with van der Waals surface area (Å²) in [5.74, 6) is 0. The SMILES string of the molecule is Cc1ccc(C)c(NC(=S)NN=Cc2cn(C)c3ccc(S(=O)(=O)N4CCCCC4)cc23)c1. The van der Waals surface area contributed by atoms with E-state index in [1.807, 2.05) is 49.9 Å². The Morgan fingerprint density at radius 3 is 2.61 bits per heavy atom. The Kier molecular flexibility index (Phi) is 6.83. The molecule has 7 nitrogen and oxygen atoms in total. The van der Waals surface area contributed by atoms with Gasteiger partial charge in [-0.3, -0.25) is 5.43 Å². The lowest BCUT2D eigenvalue weighted by Crippen LogP contribution is -2.35. The maximum Gasteiger partial charge on any atom is 0.243 e. The maximum absolute atomic E-state index is 13.1. The first-order valence-corrected chi connectivity index (χ1v) is 12.9. The summed E-state index contributed by atoms with van der Waals surface area (Å²) in [5, 5.41) is 8.66. The van der Waals surface area contributed by atoms with Crippen LogP contribution < -0.4 is 10.7 Å². The summed E-state index contributed by atoms with van der Waals surface area (Å²) in [7, 11) is -1.57. The van der Waals surface area contributed by atoms with Crippen LogP contribution >= 0.6 is 12.2 Å². The number of hydrogen-bond donors (Lipinski definition) is 2. The molecule has 3 aromatic rings. The van der Waals surface area contributed by atoms with E-state index >= 15 is 0 Å². The number of sulfonamides is 1. The molecule has 9 heteroatoms. The van der Waals surface area contributed by atoms with Crippen LogP contribution in [0, 0.1) is 13.8 Å². The molecule has 0 amide bonds. The third-order valence-corrected chi connectivity index (χ3v) is 8.04. The Hall–Kier alpha value is -2.75. The Bertz CT molecular complexity index is 1320. The van der Waals surface area contributed by atoms with Gasteiger partial charge in [0.15, 0.2) is 5.11 Å². The van der Waals surface area contributed by atoms with Gasteiger partial charge in [0.2, 0.25) is 10.0 Å². The predicted octanol–water partition coefficient (Wildman–Crippen LogP) is 4.29. The number of hydrogen-bond acceptors (Lipinski definition) is 4. The van der Waals surface area contributed by atoms with E-state index < -0.39 is 10.0 Å². The second kappa shape index (κ2) is 9.62. The fourth-order valence-corrected chi connectivity index (χ4v) is 5.81. The number of aryl methyl sites for hydroxylation is 3. The van der Waals surface area contributed by atoms with Gasteiger partial charge in [-0.05, 0) is 74.3 Å². The zero-order chi connectivity index (χ0) is 23.6. The number of nitrogens with one attached hydrogen (secondary N) is 2. The molecule has 174 valence electrons. The molecule has 0 saturated carbocycles. The number of anilines is 1. The molecule has 2 aromatic carbocycles. The van der Waals surface area contributed by atoms with Gasteiger partial charge in [-0.2, -0.15) is 9.41 Å². The minimum Gasteiger partial charge on any atom is -0.350 e. The van der Waals surface area contributed by atoms with Crippen LogP contribution in [0.5, 0.6) is 0 Å². The van der Waals surface area contributed by atoms with Crippen LogP contribution in [0.15, 0.2) is 52.6 Å². The smallest absolute Gasteiger partial charge is 0.243 e. The molecular formula is C24H29N5O2S2. The van der Waals surface area contributed by atoms with Crippen molar-refractivity contribution in [2.75, 3.05) is 18.4 Å². The summed E-state index contributed by atoms with van der Waals surface area (Å²) in [4.78, 5) is 0.317. The van der Waals surface area contributed by atoms with Gasteiger partial charge in [-0.1, -0.05) is 18.6 Å². The molecular weight excluding hydrogens is 454 g/mol. The molecule has 2 N–H and O–H groups in total. The summed E-state index contributed by atoms with van der Waals surface area (Å²) in [6, 6.07) is 11.4. The molecule has 4 rings (SSSR count). The fraction of sp³-hybridized carbons (Fsp3) is 0.333. The topological polar surface area (TPSA) is 78.7 Å². The summed E-state index contributed by atoms with van der Waals surface area (Å²) < 4.78 is 29.8. The number of piperidine rings is 1. The third kappa shape index (κ3) is 5.10. The van der Waals surface area contributed by atoms with E-state index in [0.717, 1.165) is 52.5 Å². The lowest BCUT2D eigenvalue weighted by molar-refractivity contribution is 0.346. The van der Waals surface area contributed by atoms with Gasteiger partial charge in [-0.25, -0.2) is 8.42 Å². The molecule has 0 spiro atoms. The molecule has 0 bridgehead atoms. The van der Waals surface area contributed by atoms with Crippen molar-refractivity contribution in [1.82, 2.24) is 14.3 Å². The van der Waals surface area contributed by atoms with Crippen LogP contribution in [0.3, 0.4) is 0 Å². The number of rotatable bonds is 5. The Labute approximate surface area is 200 Å². The zero-order valence-corrected chi connectivity index (χ0v) is 20.8. The average Bonchev–Trinajstić information content (AvgIpc) is 3.12. The lowest BCUT2D eigenvalue weighted by atomic mass is 10.1. The van der Waals surface area contributed by atoms with Crippen molar-refractivity contribution in [2.24, 2.45) is 12.1 Å². The van der Waals surface area contributed by atoms with Gasteiger partial charge in [0.25, 0.3) is 0 Å². The molecule has 1 aliphatic heterocycles. The van der Waals surface area contributed by atoms with E-state index in [4.69, 9.17) is 12.2 Å². The van der Waals surface area contributed by atoms with Crippen LogP contribution in [0.1, 0.15) is 36.0 Å². The normalized spacial score (nSPS) is 15.2. The van der Waals surface area contributed by atoms with Crippen molar-refractivity contribution in [3.05, 3.63) is 59.3 Å². The molecule has 1 saturated heterocycles. The summed E-state index contributed by atoms with van der Waals surface area (Å²) in [5.41, 5.74) is 7.76. The molecule has 2 heterocycles. The molecule has 1 aromatic heterocycles. The minimum atomic E-state index is -3.50. The quantitative estimate of drug-likeness (QED) is 0.322. The highest BCUT2D eigenvalue weighted by atomic mass is 32.2. The predicted molar refractivity (Wildman–Crippen MR) is 138 cm³/mol. The van der Waals surface area contributed by atoms with E-state index in [9.17, 15) is 8.42 Å². The standard InChI is InChI=1S/C24H29N5O2S2/c1-17-7-8-18(2)22(13-17)26-24(32)27-25-15-19-16-28(3)23-10-9-20(14-21(19)23)33(30,31)29-11-5-4-6-12-29/h7-10,13-16H,4-6,11-12H2,1-3H3,(H2,26,27,32). The minimum absolute atomic E-state index is 0.317. The van der Waals surface area contributed by atoms with Crippen molar-refractivity contribution < 1.29 is 8.42 Å². The Morgan fingerprint density at radius 2 is 1.85 bits per heavy atom. The molecule has 1 fully saturated rings. The lowest BCUT2D eigenvalue weighted by Gasteiger charge is -2.25. The van der Waals surface area contributed by atoms with Gasteiger partial charge in [-0.15, -0.1) is 0 Å². The van der Waals surface area contributed by atoms with Gasteiger partial charge < -0.3 is 9.88 Å². The first kappa shape index (κ1) is 23.4. The number of aromatic nitrogens is 1. The van der Waals surface area contributed by atoms with Gasteiger partial charge in [0, 0.05) is 48.5 Å². The number of thiocarbonyl (C=S) groups is 1. The summed E-state index contributed by atoms with van der Waals surface area (Å²) >= 11 is 5.37. The van der Waals surface area contributed by atoms with Crippen molar-refractivity contribution in [3.8, 4) is 0 Å². The summed E-state index contributed by atoms with van der Waals surface area (Å²) in [6.45, 7) is 5.20.